The molecule has 31 heavy (non-hydrogen) atoms. The Kier molecular flexibility index (Phi) is 7.37. The van der Waals surface area contributed by atoms with Crippen LogP contribution >= 0.6 is 0 Å². The van der Waals surface area contributed by atoms with Crippen molar-refractivity contribution in [3.63, 3.8) is 0 Å². The second kappa shape index (κ2) is 10.4. The van der Waals surface area contributed by atoms with Crippen molar-refractivity contribution in [2.45, 2.75) is 38.3 Å². The van der Waals surface area contributed by atoms with Gasteiger partial charge >= 0.3 is 0 Å². The molecule has 1 aliphatic heterocycles. The molecule has 0 spiro atoms. The standard InChI is InChI=1S/C24H35N5O2/c1-27(18-19-7-4-3-5-8-19)24(30)23-21-17-20(9-10-22(21)28(2)26-23)25-11-6-12-29-13-15-31-16-14-29/h3-5,7-8,20,25H,6,9-18H2,1-2H3. The van der Waals surface area contributed by atoms with Crippen molar-refractivity contribution >= 4 is 5.91 Å². The Balaban J connectivity index is 1.33. The summed E-state index contributed by atoms with van der Waals surface area (Å²) in [6.45, 7) is 6.53. The van der Waals surface area contributed by atoms with Crippen LogP contribution in [0.3, 0.4) is 0 Å². The fourth-order valence-corrected chi connectivity index (χ4v) is 4.68. The van der Waals surface area contributed by atoms with Crippen molar-refractivity contribution in [2.24, 2.45) is 7.05 Å². The summed E-state index contributed by atoms with van der Waals surface area (Å²) in [6, 6.07) is 10.5. The minimum Gasteiger partial charge on any atom is -0.379 e. The summed E-state index contributed by atoms with van der Waals surface area (Å²) in [7, 11) is 3.82. The molecule has 1 N–H and O–H groups in total. The summed E-state index contributed by atoms with van der Waals surface area (Å²) in [4.78, 5) is 17.4. The maximum Gasteiger partial charge on any atom is 0.274 e. The van der Waals surface area contributed by atoms with E-state index in [1.54, 1.807) is 4.90 Å². The van der Waals surface area contributed by atoms with Crippen LogP contribution in [0.2, 0.25) is 0 Å². The van der Waals surface area contributed by atoms with Gasteiger partial charge in [0.05, 0.1) is 13.2 Å². The van der Waals surface area contributed by atoms with Crippen LogP contribution < -0.4 is 5.32 Å². The molecule has 1 atom stereocenters. The van der Waals surface area contributed by atoms with Gasteiger partial charge in [0.2, 0.25) is 0 Å². The first kappa shape index (κ1) is 22.0. The number of hydrogen-bond acceptors (Lipinski definition) is 5. The van der Waals surface area contributed by atoms with Gasteiger partial charge in [-0.15, -0.1) is 0 Å². The number of carbonyl (C=O) groups is 1. The SMILES string of the molecule is CN(Cc1ccccc1)C(=O)c1nn(C)c2c1CC(NCCCN1CCOCC1)CC2. The predicted octanol–water partition coefficient (Wildman–Crippen LogP) is 1.86. The van der Waals surface area contributed by atoms with Crippen molar-refractivity contribution in [2.75, 3.05) is 46.4 Å². The van der Waals surface area contributed by atoms with Gasteiger partial charge in [-0.2, -0.15) is 5.10 Å². The number of morpholine rings is 1. The minimum absolute atomic E-state index is 0.00803. The van der Waals surface area contributed by atoms with Gasteiger partial charge in [0, 0.05) is 51.0 Å². The van der Waals surface area contributed by atoms with Crippen LogP contribution in [-0.4, -0.2) is 78.0 Å². The summed E-state index contributed by atoms with van der Waals surface area (Å²) >= 11 is 0. The molecule has 1 fully saturated rings. The zero-order valence-electron chi connectivity index (χ0n) is 18.8. The largest absolute Gasteiger partial charge is 0.379 e. The molecule has 2 heterocycles. The molecule has 1 amide bonds. The number of amides is 1. The lowest BCUT2D eigenvalue weighted by atomic mass is 9.91. The number of aromatic nitrogens is 2. The number of aryl methyl sites for hydroxylation is 1. The maximum atomic E-state index is 13.2. The van der Waals surface area contributed by atoms with E-state index in [1.165, 1.54) is 5.69 Å². The summed E-state index contributed by atoms with van der Waals surface area (Å²) in [5.41, 5.74) is 4.09. The summed E-state index contributed by atoms with van der Waals surface area (Å²) in [5, 5.41) is 8.35. The highest BCUT2D eigenvalue weighted by Gasteiger charge is 2.29. The zero-order chi connectivity index (χ0) is 21.6. The maximum absolute atomic E-state index is 13.2. The molecule has 1 aliphatic carbocycles. The normalized spacial score (nSPS) is 19.2. The quantitative estimate of drug-likeness (QED) is 0.654. The van der Waals surface area contributed by atoms with Gasteiger partial charge in [0.25, 0.3) is 5.91 Å². The van der Waals surface area contributed by atoms with Crippen LogP contribution in [0.1, 0.15) is 40.2 Å². The van der Waals surface area contributed by atoms with Crippen LogP contribution in [0.25, 0.3) is 0 Å². The number of rotatable bonds is 8. The number of benzene rings is 1. The number of nitrogens with one attached hydrogen (secondary N) is 1. The highest BCUT2D eigenvalue weighted by molar-refractivity contribution is 5.94. The van der Waals surface area contributed by atoms with Crippen molar-refractivity contribution < 1.29 is 9.53 Å². The second-order valence-electron chi connectivity index (χ2n) is 8.75. The molecule has 1 aromatic heterocycles. The molecule has 1 unspecified atom stereocenters. The zero-order valence-corrected chi connectivity index (χ0v) is 18.8. The van der Waals surface area contributed by atoms with Gasteiger partial charge in [-0.1, -0.05) is 30.3 Å². The van der Waals surface area contributed by atoms with Gasteiger partial charge in [0.1, 0.15) is 0 Å². The summed E-state index contributed by atoms with van der Waals surface area (Å²) < 4.78 is 7.33. The third kappa shape index (κ3) is 5.53. The molecule has 2 aliphatic rings. The number of ether oxygens (including phenoxy) is 1. The summed E-state index contributed by atoms with van der Waals surface area (Å²) in [6.07, 6.45) is 4.08. The molecular weight excluding hydrogens is 390 g/mol. The second-order valence-corrected chi connectivity index (χ2v) is 8.75. The molecule has 1 aromatic carbocycles. The Bertz CT molecular complexity index is 860. The van der Waals surface area contributed by atoms with E-state index >= 15 is 0 Å². The van der Waals surface area contributed by atoms with E-state index < -0.39 is 0 Å². The third-order valence-electron chi connectivity index (χ3n) is 6.45. The highest BCUT2D eigenvalue weighted by Crippen LogP contribution is 2.25. The molecule has 7 heteroatoms. The number of hydrogen-bond donors (Lipinski definition) is 1. The van der Waals surface area contributed by atoms with Gasteiger partial charge in [-0.25, -0.2) is 0 Å². The van der Waals surface area contributed by atoms with E-state index in [0.717, 1.165) is 76.2 Å². The fraction of sp³-hybridized carbons (Fsp3) is 0.583. The lowest BCUT2D eigenvalue weighted by Gasteiger charge is -2.28. The van der Waals surface area contributed by atoms with Crippen molar-refractivity contribution in [3.05, 3.63) is 52.8 Å². The van der Waals surface area contributed by atoms with E-state index in [0.29, 0.717) is 18.3 Å². The first-order chi connectivity index (χ1) is 15.1. The molecule has 0 bridgehead atoms. The van der Waals surface area contributed by atoms with Crippen LogP contribution in [0.15, 0.2) is 30.3 Å². The van der Waals surface area contributed by atoms with E-state index in [2.05, 4.69) is 27.4 Å². The monoisotopic (exact) mass is 425 g/mol. The topological polar surface area (TPSA) is 62.6 Å². The number of nitrogens with zero attached hydrogens (tertiary/aromatic N) is 4. The van der Waals surface area contributed by atoms with Gasteiger partial charge < -0.3 is 15.0 Å². The third-order valence-corrected chi connectivity index (χ3v) is 6.45. The molecule has 0 radical (unpaired) electrons. The minimum atomic E-state index is 0.00803. The van der Waals surface area contributed by atoms with Gasteiger partial charge in [-0.3, -0.25) is 14.4 Å². The fourth-order valence-electron chi connectivity index (χ4n) is 4.68. The molecule has 168 valence electrons. The van der Waals surface area contributed by atoms with Crippen LogP contribution in [-0.2, 0) is 31.2 Å². The van der Waals surface area contributed by atoms with Crippen molar-refractivity contribution in [1.29, 1.82) is 0 Å². The molecule has 1 saturated heterocycles. The molecule has 7 nitrogen and oxygen atoms in total. The lowest BCUT2D eigenvalue weighted by molar-refractivity contribution is 0.0373. The Labute approximate surface area is 185 Å². The van der Waals surface area contributed by atoms with E-state index in [9.17, 15) is 4.79 Å². The van der Waals surface area contributed by atoms with E-state index in [-0.39, 0.29) is 5.91 Å². The summed E-state index contributed by atoms with van der Waals surface area (Å²) in [5.74, 6) is 0.00803. The Morgan fingerprint density at radius 3 is 2.81 bits per heavy atom. The van der Waals surface area contributed by atoms with E-state index in [4.69, 9.17) is 4.74 Å². The van der Waals surface area contributed by atoms with Gasteiger partial charge in [-0.05, 0) is 44.3 Å². The highest BCUT2D eigenvalue weighted by atomic mass is 16.5. The van der Waals surface area contributed by atoms with E-state index in [1.807, 2.05) is 37.0 Å². The Hall–Kier alpha value is -2.22. The number of fused-ring (bicyclic) bond motifs is 1. The number of carbonyl (C=O) groups excluding carboxylic acids is 1. The smallest absolute Gasteiger partial charge is 0.274 e. The molecular formula is C24H35N5O2. The lowest BCUT2D eigenvalue weighted by Crippen LogP contribution is -2.40. The van der Waals surface area contributed by atoms with Gasteiger partial charge in [0.15, 0.2) is 5.69 Å². The Morgan fingerprint density at radius 1 is 1.26 bits per heavy atom. The van der Waals surface area contributed by atoms with Crippen LogP contribution in [0.4, 0.5) is 0 Å². The first-order valence-corrected chi connectivity index (χ1v) is 11.5. The van der Waals surface area contributed by atoms with Crippen molar-refractivity contribution in [3.8, 4) is 0 Å². The molecule has 0 saturated carbocycles. The van der Waals surface area contributed by atoms with Crippen LogP contribution in [0.5, 0.6) is 0 Å². The van der Waals surface area contributed by atoms with Crippen LogP contribution in [0, 0.1) is 0 Å². The van der Waals surface area contributed by atoms with Crippen molar-refractivity contribution in [1.82, 2.24) is 24.9 Å². The predicted molar refractivity (Wildman–Crippen MR) is 121 cm³/mol. The average molecular weight is 426 g/mol. The average Bonchev–Trinajstić information content (AvgIpc) is 3.13. The Morgan fingerprint density at radius 2 is 2.03 bits per heavy atom. The first-order valence-electron chi connectivity index (χ1n) is 11.5. The molecule has 4 rings (SSSR count). The molecule has 2 aromatic rings.